The molecule has 138 valence electrons. The van der Waals surface area contributed by atoms with Crippen LogP contribution in [-0.2, 0) is 11.4 Å². The van der Waals surface area contributed by atoms with Crippen molar-refractivity contribution >= 4 is 5.97 Å². The van der Waals surface area contributed by atoms with E-state index in [2.05, 4.69) is 0 Å². The van der Waals surface area contributed by atoms with Crippen molar-refractivity contribution in [1.29, 1.82) is 0 Å². The van der Waals surface area contributed by atoms with Crippen molar-refractivity contribution in [3.05, 3.63) is 58.7 Å². The Morgan fingerprint density at radius 1 is 1.19 bits per heavy atom. The minimum absolute atomic E-state index is 0.0851. The number of esters is 1. The highest BCUT2D eigenvalue weighted by Crippen LogP contribution is 2.44. The molecule has 0 aliphatic heterocycles. The van der Waals surface area contributed by atoms with E-state index in [9.17, 15) is 13.6 Å². The topological polar surface area (TPSA) is 35.5 Å². The summed E-state index contributed by atoms with van der Waals surface area (Å²) >= 11 is 0. The number of hydrogen-bond acceptors (Lipinski definition) is 3. The van der Waals surface area contributed by atoms with Gasteiger partial charge < -0.3 is 9.47 Å². The molecule has 3 nitrogen and oxygen atoms in total. The molecule has 0 saturated heterocycles. The highest BCUT2D eigenvalue weighted by molar-refractivity contribution is 5.72. The van der Waals surface area contributed by atoms with Gasteiger partial charge in [0.25, 0.3) is 6.43 Å². The van der Waals surface area contributed by atoms with Gasteiger partial charge in [-0.1, -0.05) is 30.7 Å². The first-order valence-electron chi connectivity index (χ1n) is 8.83. The van der Waals surface area contributed by atoms with Crippen LogP contribution in [0, 0.1) is 6.92 Å². The molecule has 5 heteroatoms. The molecule has 0 spiro atoms. The minimum atomic E-state index is -2.61. The van der Waals surface area contributed by atoms with Crippen LogP contribution < -0.4 is 9.47 Å². The Hall–Kier alpha value is -2.43. The molecular formula is C21H22F2O3. The number of halogens is 2. The molecule has 0 aromatic heterocycles. The monoisotopic (exact) mass is 360 g/mol. The lowest BCUT2D eigenvalue weighted by atomic mass is 10.0. The van der Waals surface area contributed by atoms with E-state index in [-0.39, 0.29) is 30.3 Å². The van der Waals surface area contributed by atoms with E-state index in [1.807, 2.05) is 12.1 Å². The van der Waals surface area contributed by atoms with Gasteiger partial charge in [-0.3, -0.25) is 4.79 Å². The van der Waals surface area contributed by atoms with Crippen LogP contribution in [0.15, 0.2) is 36.4 Å². The summed E-state index contributed by atoms with van der Waals surface area (Å²) in [5, 5.41) is 0. The van der Waals surface area contributed by atoms with Gasteiger partial charge in [0, 0.05) is 12.0 Å². The number of carbonyl (C=O) groups excluding carboxylic acids is 1. The molecule has 1 fully saturated rings. The number of rotatable bonds is 7. The first-order chi connectivity index (χ1) is 12.5. The second kappa shape index (κ2) is 7.85. The van der Waals surface area contributed by atoms with Crippen LogP contribution in [0.4, 0.5) is 8.78 Å². The van der Waals surface area contributed by atoms with Crippen molar-refractivity contribution < 1.29 is 23.0 Å². The van der Waals surface area contributed by atoms with Crippen LogP contribution in [0.1, 0.15) is 60.8 Å². The predicted octanol–water partition coefficient (Wildman–Crippen LogP) is 5.70. The molecular weight excluding hydrogens is 338 g/mol. The minimum Gasteiger partial charge on any atom is -0.488 e. The highest BCUT2D eigenvalue weighted by atomic mass is 19.3. The fraction of sp³-hybridized carbons (Fsp3) is 0.381. The van der Waals surface area contributed by atoms with Gasteiger partial charge in [0.05, 0.1) is 5.56 Å². The van der Waals surface area contributed by atoms with Gasteiger partial charge in [0.15, 0.2) is 0 Å². The van der Waals surface area contributed by atoms with Crippen molar-refractivity contribution in [1.82, 2.24) is 0 Å². The van der Waals surface area contributed by atoms with Gasteiger partial charge in [0.1, 0.15) is 18.1 Å². The average molecular weight is 360 g/mol. The lowest BCUT2D eigenvalue weighted by Gasteiger charge is -2.17. The van der Waals surface area contributed by atoms with Crippen molar-refractivity contribution in [2.75, 3.05) is 0 Å². The zero-order valence-electron chi connectivity index (χ0n) is 14.9. The number of benzene rings is 2. The molecule has 1 aliphatic rings. The maximum Gasteiger partial charge on any atom is 0.310 e. The molecule has 0 amide bonds. The number of alkyl halides is 2. The van der Waals surface area contributed by atoms with Gasteiger partial charge in [-0.25, -0.2) is 8.78 Å². The van der Waals surface area contributed by atoms with Crippen LogP contribution in [0.3, 0.4) is 0 Å². The maximum atomic E-state index is 13.3. The van der Waals surface area contributed by atoms with Crippen molar-refractivity contribution in [3.63, 3.8) is 0 Å². The third-order valence-corrected chi connectivity index (χ3v) is 4.47. The van der Waals surface area contributed by atoms with E-state index >= 15 is 0 Å². The predicted molar refractivity (Wildman–Crippen MR) is 94.8 cm³/mol. The summed E-state index contributed by atoms with van der Waals surface area (Å²) in [6, 6.07) is 10.3. The largest absolute Gasteiger partial charge is 0.488 e. The molecule has 0 radical (unpaired) electrons. The van der Waals surface area contributed by atoms with E-state index in [1.165, 1.54) is 6.07 Å². The van der Waals surface area contributed by atoms with Crippen molar-refractivity contribution in [2.24, 2.45) is 0 Å². The van der Waals surface area contributed by atoms with E-state index in [0.29, 0.717) is 11.7 Å². The van der Waals surface area contributed by atoms with Gasteiger partial charge in [0.2, 0.25) is 0 Å². The first-order valence-corrected chi connectivity index (χ1v) is 8.83. The van der Waals surface area contributed by atoms with Gasteiger partial charge in [-0.05, 0) is 49.4 Å². The average Bonchev–Trinajstić information content (AvgIpc) is 3.46. The fourth-order valence-corrected chi connectivity index (χ4v) is 2.92. The van der Waals surface area contributed by atoms with Crippen LogP contribution in [0.5, 0.6) is 11.5 Å². The van der Waals surface area contributed by atoms with E-state index < -0.39 is 6.43 Å². The van der Waals surface area contributed by atoms with Gasteiger partial charge >= 0.3 is 5.97 Å². The molecule has 2 aromatic carbocycles. The zero-order valence-corrected chi connectivity index (χ0v) is 14.9. The molecule has 2 aromatic rings. The Morgan fingerprint density at radius 3 is 2.62 bits per heavy atom. The van der Waals surface area contributed by atoms with E-state index in [0.717, 1.165) is 29.5 Å². The van der Waals surface area contributed by atoms with Gasteiger partial charge in [-0.15, -0.1) is 0 Å². The molecule has 1 aliphatic carbocycles. The van der Waals surface area contributed by atoms with Crippen molar-refractivity contribution in [3.8, 4) is 11.5 Å². The Morgan fingerprint density at radius 2 is 1.96 bits per heavy atom. The number of ether oxygens (including phenoxy) is 2. The lowest BCUT2D eigenvalue weighted by molar-refractivity contribution is -0.134. The SMILES string of the molecule is CCC(=O)Oc1cccc(C2CC2)c1COc1ccc(C)cc1C(F)F. The number of hydrogen-bond donors (Lipinski definition) is 0. The first kappa shape index (κ1) is 18.4. The molecule has 0 atom stereocenters. The Kier molecular flexibility index (Phi) is 5.55. The summed E-state index contributed by atoms with van der Waals surface area (Å²) in [5.74, 6) is 0.695. The van der Waals surface area contributed by atoms with Crippen LogP contribution in [0.25, 0.3) is 0 Å². The summed E-state index contributed by atoms with van der Waals surface area (Å²) in [7, 11) is 0. The quantitative estimate of drug-likeness (QED) is 0.469. The number of aryl methyl sites for hydroxylation is 1. The highest BCUT2D eigenvalue weighted by Gasteiger charge is 2.28. The van der Waals surface area contributed by atoms with Crippen LogP contribution in [0.2, 0.25) is 0 Å². The third-order valence-electron chi connectivity index (χ3n) is 4.47. The normalized spacial score (nSPS) is 13.7. The van der Waals surface area contributed by atoms with E-state index in [4.69, 9.17) is 9.47 Å². The molecule has 0 N–H and O–H groups in total. The fourth-order valence-electron chi connectivity index (χ4n) is 2.92. The molecule has 0 heterocycles. The molecule has 0 unspecified atom stereocenters. The van der Waals surface area contributed by atoms with Crippen LogP contribution in [-0.4, -0.2) is 5.97 Å². The zero-order chi connectivity index (χ0) is 18.7. The Bertz CT molecular complexity index is 798. The van der Waals surface area contributed by atoms with Crippen molar-refractivity contribution in [2.45, 2.75) is 52.1 Å². The lowest BCUT2D eigenvalue weighted by Crippen LogP contribution is -2.10. The van der Waals surface area contributed by atoms with Gasteiger partial charge in [-0.2, -0.15) is 0 Å². The molecule has 26 heavy (non-hydrogen) atoms. The third kappa shape index (κ3) is 4.21. The second-order valence-electron chi connectivity index (χ2n) is 6.56. The summed E-state index contributed by atoms with van der Waals surface area (Å²) < 4.78 is 37.8. The molecule has 1 saturated carbocycles. The second-order valence-corrected chi connectivity index (χ2v) is 6.56. The smallest absolute Gasteiger partial charge is 0.310 e. The molecule has 0 bridgehead atoms. The number of carbonyl (C=O) groups is 1. The summed E-state index contributed by atoms with van der Waals surface area (Å²) in [6.07, 6.45) is -0.196. The standard InChI is InChI=1S/C21H22F2O3/c1-3-20(24)26-19-6-4-5-15(14-8-9-14)17(19)12-25-18-10-7-13(2)11-16(18)21(22)23/h4-7,10-11,14,21H,3,8-9,12H2,1-2H3. The summed E-state index contributed by atoms with van der Waals surface area (Å²) in [5.41, 5.74) is 2.46. The molecule has 3 rings (SSSR count). The summed E-state index contributed by atoms with van der Waals surface area (Å²) in [6.45, 7) is 3.58. The van der Waals surface area contributed by atoms with Crippen LogP contribution >= 0.6 is 0 Å². The summed E-state index contributed by atoms with van der Waals surface area (Å²) in [4.78, 5) is 11.7. The maximum absolute atomic E-state index is 13.3. The Balaban J connectivity index is 1.88. The van der Waals surface area contributed by atoms with E-state index in [1.54, 1.807) is 32.0 Å². The Labute approximate surface area is 151 Å².